The molecule has 0 aliphatic heterocycles. The number of halogens is 1. The first kappa shape index (κ1) is 16.6. The molecule has 0 aliphatic carbocycles. The van der Waals surface area contributed by atoms with Gasteiger partial charge in [0.2, 0.25) is 0 Å². The Hall–Kier alpha value is -2.23. The zero-order chi connectivity index (χ0) is 16.8. The van der Waals surface area contributed by atoms with Gasteiger partial charge in [-0.3, -0.25) is 0 Å². The summed E-state index contributed by atoms with van der Waals surface area (Å²) in [6.45, 7) is 2.72. The van der Waals surface area contributed by atoms with Crippen LogP contribution in [0.1, 0.15) is 45.4 Å². The van der Waals surface area contributed by atoms with E-state index >= 15 is 0 Å². The standard InChI is InChI=1S/C20H23FN2O/c1-2-3-4-5-6-9-14-24-20-15(21)12-13-18-19(20)23-17-11-8-7-10-16(17)22-18/h7-8,10-13H,2-6,9,14H2,1H3. The van der Waals surface area contributed by atoms with Gasteiger partial charge in [-0.25, -0.2) is 14.4 Å². The molecule has 0 saturated carbocycles. The van der Waals surface area contributed by atoms with Crippen molar-refractivity contribution in [3.63, 3.8) is 0 Å². The summed E-state index contributed by atoms with van der Waals surface area (Å²) in [5, 5.41) is 0. The van der Waals surface area contributed by atoms with Crippen molar-refractivity contribution in [3.05, 3.63) is 42.2 Å². The lowest BCUT2D eigenvalue weighted by Crippen LogP contribution is -2.01. The predicted octanol–water partition coefficient (Wildman–Crippen LogP) is 5.66. The monoisotopic (exact) mass is 326 g/mol. The molecule has 2 aromatic carbocycles. The van der Waals surface area contributed by atoms with Crippen LogP contribution >= 0.6 is 0 Å². The number of fused-ring (bicyclic) bond motifs is 2. The molecule has 0 amide bonds. The van der Waals surface area contributed by atoms with E-state index in [4.69, 9.17) is 4.74 Å². The Kier molecular flexibility index (Phi) is 5.57. The van der Waals surface area contributed by atoms with Crippen LogP contribution < -0.4 is 4.74 Å². The summed E-state index contributed by atoms with van der Waals surface area (Å²) in [7, 11) is 0. The van der Waals surface area contributed by atoms with Gasteiger partial charge in [-0.1, -0.05) is 51.2 Å². The zero-order valence-corrected chi connectivity index (χ0v) is 14.1. The van der Waals surface area contributed by atoms with Gasteiger partial charge >= 0.3 is 0 Å². The fourth-order valence-corrected chi connectivity index (χ4v) is 2.83. The first-order valence-electron chi connectivity index (χ1n) is 8.77. The zero-order valence-electron chi connectivity index (χ0n) is 14.1. The Morgan fingerprint density at radius 3 is 2.33 bits per heavy atom. The largest absolute Gasteiger partial charge is 0.488 e. The number of benzene rings is 2. The van der Waals surface area contributed by atoms with E-state index in [1.807, 2.05) is 24.3 Å². The maximum Gasteiger partial charge on any atom is 0.182 e. The van der Waals surface area contributed by atoms with Crippen molar-refractivity contribution in [3.8, 4) is 5.75 Å². The maximum absolute atomic E-state index is 14.2. The summed E-state index contributed by atoms with van der Waals surface area (Å²) in [6, 6.07) is 10.7. The van der Waals surface area contributed by atoms with E-state index in [0.29, 0.717) is 17.6 Å². The Bertz CT molecular complexity index is 819. The van der Waals surface area contributed by atoms with Gasteiger partial charge < -0.3 is 4.74 Å². The van der Waals surface area contributed by atoms with Gasteiger partial charge in [0.15, 0.2) is 11.6 Å². The SMILES string of the molecule is CCCCCCCCOc1c(F)ccc2nc3ccccc3nc12. The highest BCUT2D eigenvalue weighted by atomic mass is 19.1. The third kappa shape index (κ3) is 3.81. The van der Waals surface area contributed by atoms with Crippen molar-refractivity contribution in [1.29, 1.82) is 0 Å². The molecule has 0 atom stereocenters. The minimum atomic E-state index is -0.377. The van der Waals surface area contributed by atoms with Gasteiger partial charge in [0.05, 0.1) is 23.2 Å². The molecule has 4 heteroatoms. The van der Waals surface area contributed by atoms with Gasteiger partial charge in [0.1, 0.15) is 5.52 Å². The number of rotatable bonds is 8. The third-order valence-corrected chi connectivity index (χ3v) is 4.16. The highest BCUT2D eigenvalue weighted by Gasteiger charge is 2.12. The van der Waals surface area contributed by atoms with Crippen LogP contribution in [-0.4, -0.2) is 16.6 Å². The van der Waals surface area contributed by atoms with E-state index in [1.54, 1.807) is 6.07 Å². The molecule has 3 rings (SSSR count). The second-order valence-corrected chi connectivity index (χ2v) is 6.07. The smallest absolute Gasteiger partial charge is 0.182 e. The Morgan fingerprint density at radius 2 is 1.54 bits per heavy atom. The van der Waals surface area contributed by atoms with Crippen LogP contribution in [0.3, 0.4) is 0 Å². The average molecular weight is 326 g/mol. The molecule has 0 unspecified atom stereocenters. The van der Waals surface area contributed by atoms with Crippen LogP contribution in [0.5, 0.6) is 5.75 Å². The second-order valence-electron chi connectivity index (χ2n) is 6.07. The van der Waals surface area contributed by atoms with Crippen molar-refractivity contribution in [2.24, 2.45) is 0 Å². The van der Waals surface area contributed by atoms with E-state index < -0.39 is 0 Å². The molecule has 0 aliphatic rings. The first-order valence-corrected chi connectivity index (χ1v) is 8.77. The van der Waals surface area contributed by atoms with Crippen molar-refractivity contribution in [2.75, 3.05) is 6.61 Å². The van der Waals surface area contributed by atoms with E-state index in [-0.39, 0.29) is 11.6 Å². The molecule has 1 heterocycles. The third-order valence-electron chi connectivity index (χ3n) is 4.16. The van der Waals surface area contributed by atoms with Crippen molar-refractivity contribution in [2.45, 2.75) is 45.4 Å². The van der Waals surface area contributed by atoms with Crippen LogP contribution in [-0.2, 0) is 0 Å². The number of ether oxygens (including phenoxy) is 1. The quantitative estimate of drug-likeness (QED) is 0.395. The predicted molar refractivity (Wildman–Crippen MR) is 95.9 cm³/mol. The van der Waals surface area contributed by atoms with Crippen LogP contribution in [0.15, 0.2) is 36.4 Å². The molecule has 0 radical (unpaired) electrons. The summed E-state index contributed by atoms with van der Waals surface area (Å²) in [5.41, 5.74) is 2.71. The summed E-state index contributed by atoms with van der Waals surface area (Å²) >= 11 is 0. The molecular formula is C20H23FN2O. The van der Waals surface area contributed by atoms with Gasteiger partial charge in [-0.2, -0.15) is 0 Å². The Morgan fingerprint density at radius 1 is 0.833 bits per heavy atom. The number of unbranched alkanes of at least 4 members (excludes halogenated alkanes) is 5. The number of aromatic nitrogens is 2. The molecule has 1 aromatic heterocycles. The van der Waals surface area contributed by atoms with Crippen LogP contribution in [0, 0.1) is 5.82 Å². The summed E-state index contributed by atoms with van der Waals surface area (Å²) in [6.07, 6.45) is 7.03. The summed E-state index contributed by atoms with van der Waals surface area (Å²) in [5.74, 6) is -0.155. The van der Waals surface area contributed by atoms with Gasteiger partial charge in [-0.05, 0) is 30.7 Å². The van der Waals surface area contributed by atoms with Gasteiger partial charge in [-0.15, -0.1) is 0 Å². The van der Waals surface area contributed by atoms with Gasteiger partial charge in [0.25, 0.3) is 0 Å². The normalized spacial score (nSPS) is 11.2. The van der Waals surface area contributed by atoms with Crippen LogP contribution in [0.25, 0.3) is 22.1 Å². The fourth-order valence-electron chi connectivity index (χ4n) is 2.83. The summed E-state index contributed by atoms with van der Waals surface area (Å²) in [4.78, 5) is 9.10. The lowest BCUT2D eigenvalue weighted by Gasteiger charge is -2.10. The Labute approximate surface area is 141 Å². The summed E-state index contributed by atoms with van der Waals surface area (Å²) < 4.78 is 19.9. The van der Waals surface area contributed by atoms with Crippen molar-refractivity contribution < 1.29 is 9.13 Å². The lowest BCUT2D eigenvalue weighted by atomic mass is 10.1. The average Bonchev–Trinajstić information content (AvgIpc) is 2.61. The molecule has 0 N–H and O–H groups in total. The minimum Gasteiger partial charge on any atom is -0.488 e. The molecule has 24 heavy (non-hydrogen) atoms. The fraction of sp³-hybridized carbons (Fsp3) is 0.400. The number of hydrogen-bond donors (Lipinski definition) is 0. The highest BCUT2D eigenvalue weighted by Crippen LogP contribution is 2.28. The Balaban J connectivity index is 1.74. The van der Waals surface area contributed by atoms with Crippen molar-refractivity contribution in [1.82, 2.24) is 9.97 Å². The minimum absolute atomic E-state index is 0.222. The molecule has 0 fully saturated rings. The van der Waals surface area contributed by atoms with E-state index in [9.17, 15) is 4.39 Å². The second kappa shape index (κ2) is 8.04. The van der Waals surface area contributed by atoms with E-state index in [1.165, 1.54) is 31.7 Å². The number of para-hydroxylation sites is 2. The van der Waals surface area contributed by atoms with Crippen LogP contribution in [0.2, 0.25) is 0 Å². The molecular weight excluding hydrogens is 303 g/mol. The topological polar surface area (TPSA) is 35.0 Å². The van der Waals surface area contributed by atoms with E-state index in [0.717, 1.165) is 23.9 Å². The molecule has 0 bridgehead atoms. The van der Waals surface area contributed by atoms with Gasteiger partial charge in [0, 0.05) is 0 Å². The molecule has 3 aromatic rings. The van der Waals surface area contributed by atoms with Crippen molar-refractivity contribution >= 4 is 22.1 Å². The molecule has 0 saturated heterocycles. The first-order chi connectivity index (χ1) is 11.8. The van der Waals surface area contributed by atoms with E-state index in [2.05, 4.69) is 16.9 Å². The maximum atomic E-state index is 14.2. The number of nitrogens with zero attached hydrogens (tertiary/aromatic N) is 2. The van der Waals surface area contributed by atoms with Crippen LogP contribution in [0.4, 0.5) is 4.39 Å². The number of hydrogen-bond acceptors (Lipinski definition) is 3. The lowest BCUT2D eigenvalue weighted by molar-refractivity contribution is 0.293. The molecule has 126 valence electrons. The highest BCUT2D eigenvalue weighted by molar-refractivity contribution is 5.89. The molecule has 0 spiro atoms. The molecule has 3 nitrogen and oxygen atoms in total.